The van der Waals surface area contributed by atoms with Crippen molar-refractivity contribution in [3.05, 3.63) is 72.8 Å². The third kappa shape index (κ3) is 11.9. The second kappa shape index (κ2) is 16.7. The van der Waals surface area contributed by atoms with Crippen molar-refractivity contribution in [2.75, 3.05) is 28.3 Å². The summed E-state index contributed by atoms with van der Waals surface area (Å²) >= 11 is 0. The molecule has 0 aliphatic carbocycles. The van der Waals surface area contributed by atoms with Crippen molar-refractivity contribution in [3.63, 3.8) is 0 Å². The van der Waals surface area contributed by atoms with E-state index in [2.05, 4.69) is 45.3 Å². The molecular formula is C29H27FN8O16S5. The normalized spacial score (nSPS) is 13.1. The number of azo groups is 1. The summed E-state index contributed by atoms with van der Waals surface area (Å²) in [5, 5.41) is 14.5. The van der Waals surface area contributed by atoms with Crippen LogP contribution in [0.1, 0.15) is 6.92 Å². The van der Waals surface area contributed by atoms with Crippen molar-refractivity contribution in [2.24, 2.45) is 10.2 Å². The molecule has 0 fully saturated rings. The summed E-state index contributed by atoms with van der Waals surface area (Å²) in [7, 11) is -24.0. The molecule has 30 heteroatoms. The molecule has 0 unspecified atom stereocenters. The van der Waals surface area contributed by atoms with Gasteiger partial charge in [0, 0.05) is 23.7 Å². The Labute approximate surface area is 334 Å². The molecule has 1 heterocycles. The summed E-state index contributed by atoms with van der Waals surface area (Å²) in [5.41, 5.74) is -0.913. The zero-order valence-electron chi connectivity index (χ0n) is 29.2. The van der Waals surface area contributed by atoms with E-state index in [0.29, 0.717) is 12.1 Å². The van der Waals surface area contributed by atoms with Crippen LogP contribution in [0, 0.1) is 6.08 Å². The van der Waals surface area contributed by atoms with Gasteiger partial charge in [-0.2, -0.15) is 44.6 Å². The third-order valence-electron chi connectivity index (χ3n) is 7.31. The SMILES string of the molecule is CC(=O)Nc1cc(Nc2nc(F)nc(Nc3cccc(S(=O)(=O)CCOS(=O)(=O)O)c3)n2)ccc1N=Nc1cc2c(S(=O)(=O)O)cc(S(O)(O)O)cc2cc1S(=O)(=O)O. The van der Waals surface area contributed by atoms with E-state index >= 15 is 0 Å². The zero-order valence-corrected chi connectivity index (χ0v) is 33.3. The van der Waals surface area contributed by atoms with Crippen LogP contribution in [-0.2, 0) is 49.5 Å². The lowest BCUT2D eigenvalue weighted by Gasteiger charge is -2.20. The smallest absolute Gasteiger partial charge is 0.324 e. The molecule has 1 amide bonds. The number of hydrogen-bond donors (Lipinski definition) is 9. The summed E-state index contributed by atoms with van der Waals surface area (Å²) in [4.78, 5) is 20.0. The van der Waals surface area contributed by atoms with E-state index < -0.39 is 119 Å². The Bertz CT molecular complexity index is 2990. The Hall–Kier alpha value is -5.38. The van der Waals surface area contributed by atoms with Gasteiger partial charge in [-0.1, -0.05) is 6.07 Å². The lowest BCUT2D eigenvalue weighted by molar-refractivity contribution is -0.114. The van der Waals surface area contributed by atoms with Crippen molar-refractivity contribution in [1.29, 1.82) is 0 Å². The number of carbonyl (C=O) groups is 1. The molecule has 0 aliphatic rings. The van der Waals surface area contributed by atoms with Crippen molar-refractivity contribution < 1.29 is 74.4 Å². The fourth-order valence-corrected chi connectivity index (χ4v) is 8.46. The van der Waals surface area contributed by atoms with Crippen molar-refractivity contribution in [3.8, 4) is 0 Å². The summed E-state index contributed by atoms with van der Waals surface area (Å²) in [5.74, 6) is -2.34. The number of rotatable bonds is 15. The maximum atomic E-state index is 14.5. The van der Waals surface area contributed by atoms with E-state index in [0.717, 1.165) is 25.1 Å². The number of sulfone groups is 1. The molecule has 0 bridgehead atoms. The molecule has 0 saturated carbocycles. The van der Waals surface area contributed by atoms with Gasteiger partial charge in [0.1, 0.15) is 32.0 Å². The molecule has 0 aliphatic heterocycles. The van der Waals surface area contributed by atoms with Crippen LogP contribution in [0.2, 0.25) is 0 Å². The maximum absolute atomic E-state index is 14.5. The first-order valence-corrected chi connectivity index (χ1v) is 22.9. The highest BCUT2D eigenvalue weighted by atomic mass is 32.3. The third-order valence-corrected chi connectivity index (χ3v) is 12.1. The molecule has 9 N–H and O–H groups in total. The molecule has 4 aromatic carbocycles. The molecule has 316 valence electrons. The van der Waals surface area contributed by atoms with Gasteiger partial charge in [-0.25, -0.2) is 12.6 Å². The van der Waals surface area contributed by atoms with Crippen LogP contribution in [0.3, 0.4) is 0 Å². The van der Waals surface area contributed by atoms with E-state index in [4.69, 9.17) is 4.55 Å². The number of aromatic nitrogens is 3. The van der Waals surface area contributed by atoms with Gasteiger partial charge in [0.2, 0.25) is 17.8 Å². The Morgan fingerprint density at radius 2 is 1.32 bits per heavy atom. The fourth-order valence-electron chi connectivity index (χ4n) is 4.93. The Kier molecular flexibility index (Phi) is 12.7. The molecule has 5 aromatic rings. The van der Waals surface area contributed by atoms with Crippen molar-refractivity contribution >= 4 is 108 Å². The van der Waals surface area contributed by atoms with Gasteiger partial charge in [-0.05, 0) is 66.0 Å². The number of halogens is 1. The highest BCUT2D eigenvalue weighted by Gasteiger charge is 2.26. The summed E-state index contributed by atoms with van der Waals surface area (Å²) < 4.78 is 172. The molecule has 24 nitrogen and oxygen atoms in total. The molecular weight excluding hydrogens is 896 g/mol. The summed E-state index contributed by atoms with van der Waals surface area (Å²) in [6, 6.07) is 11.4. The van der Waals surface area contributed by atoms with Gasteiger partial charge in [-0.15, -0.1) is 10.2 Å². The average Bonchev–Trinajstić information content (AvgIpc) is 3.08. The van der Waals surface area contributed by atoms with Crippen LogP contribution in [0.4, 0.5) is 44.7 Å². The number of nitrogens with zero attached hydrogens (tertiary/aromatic N) is 5. The number of anilines is 5. The van der Waals surface area contributed by atoms with E-state index in [9.17, 15) is 65.6 Å². The number of hydrogen-bond acceptors (Lipinski definition) is 20. The minimum atomic E-state index is -5.18. The molecule has 0 radical (unpaired) electrons. The quantitative estimate of drug-likeness (QED) is 0.0507. The van der Waals surface area contributed by atoms with Crippen LogP contribution < -0.4 is 16.0 Å². The lowest BCUT2D eigenvalue weighted by atomic mass is 10.1. The first kappa shape index (κ1) is 44.7. The molecule has 59 heavy (non-hydrogen) atoms. The number of amides is 1. The second-order valence-corrected chi connectivity index (χ2v) is 19.1. The number of fused-ring (bicyclic) bond motifs is 1. The van der Waals surface area contributed by atoms with Crippen molar-refractivity contribution in [1.82, 2.24) is 15.0 Å². The molecule has 0 saturated heterocycles. The lowest BCUT2D eigenvalue weighted by Crippen LogP contribution is -2.15. The minimum Gasteiger partial charge on any atom is -0.324 e. The Morgan fingerprint density at radius 3 is 1.90 bits per heavy atom. The average molecular weight is 923 g/mol. The van der Waals surface area contributed by atoms with E-state index in [-0.39, 0.29) is 27.6 Å². The molecule has 5 rings (SSSR count). The van der Waals surface area contributed by atoms with Gasteiger partial charge < -0.3 is 29.6 Å². The monoisotopic (exact) mass is 922 g/mol. The predicted molar refractivity (Wildman–Crippen MR) is 205 cm³/mol. The second-order valence-electron chi connectivity index (χ2n) is 11.6. The highest BCUT2D eigenvalue weighted by molar-refractivity contribution is 8.19. The summed E-state index contributed by atoms with van der Waals surface area (Å²) in [6.07, 6.45) is -1.31. The van der Waals surface area contributed by atoms with Crippen LogP contribution in [-0.4, -0.2) is 94.2 Å². The van der Waals surface area contributed by atoms with Crippen LogP contribution in [0.15, 0.2) is 96.5 Å². The topological polar surface area (TPSA) is 384 Å². The molecule has 0 spiro atoms. The Balaban J connectivity index is 1.46. The minimum absolute atomic E-state index is 0.0343. The maximum Gasteiger partial charge on any atom is 0.397 e. The van der Waals surface area contributed by atoms with Gasteiger partial charge in [0.05, 0.1) is 27.8 Å². The largest absolute Gasteiger partial charge is 0.397 e. The first-order chi connectivity index (χ1) is 27.2. The zero-order chi connectivity index (χ0) is 43.7. The van der Waals surface area contributed by atoms with E-state index in [1.807, 2.05) is 0 Å². The predicted octanol–water partition coefficient (Wildman–Crippen LogP) is 4.69. The number of benzene rings is 4. The van der Waals surface area contributed by atoms with Gasteiger partial charge in [0.15, 0.2) is 9.84 Å². The number of nitrogens with one attached hydrogen (secondary N) is 3. The summed E-state index contributed by atoms with van der Waals surface area (Å²) in [6.45, 7) is 0.230. The van der Waals surface area contributed by atoms with E-state index in [1.165, 1.54) is 36.4 Å². The van der Waals surface area contributed by atoms with Crippen LogP contribution in [0.25, 0.3) is 10.8 Å². The molecule has 1 aromatic heterocycles. The van der Waals surface area contributed by atoms with Crippen LogP contribution >= 0.6 is 10.9 Å². The van der Waals surface area contributed by atoms with Gasteiger partial charge in [0.25, 0.3) is 20.2 Å². The fraction of sp³-hybridized carbons (Fsp3) is 0.103. The molecule has 0 atom stereocenters. The van der Waals surface area contributed by atoms with Gasteiger partial charge in [-0.3, -0.25) is 18.5 Å². The highest BCUT2D eigenvalue weighted by Crippen LogP contribution is 2.47. The van der Waals surface area contributed by atoms with E-state index in [1.54, 1.807) is 0 Å². The Morgan fingerprint density at radius 1 is 0.712 bits per heavy atom. The number of carbonyl (C=O) groups excluding carboxylic acids is 1. The first-order valence-electron chi connectivity index (χ1n) is 15.5. The van der Waals surface area contributed by atoms with Crippen molar-refractivity contribution in [2.45, 2.75) is 26.5 Å². The van der Waals surface area contributed by atoms with Gasteiger partial charge >= 0.3 is 16.5 Å². The van der Waals surface area contributed by atoms with Crippen LogP contribution in [0.5, 0.6) is 0 Å². The standard InChI is InChI=1S/C29H27FN8O16S5/c1-15(39)31-23-12-18(33-29-35-27(30)34-28(36-29)32-17-3-2-4-19(11-17)55(40,41)8-7-54-59(51,52)53)5-6-22(23)37-38-24-14-21-16(10-26(24)58(48,49)50)9-20(56(42,43)44)13-25(21)57(45,46)47/h2-6,9-14,42-44H,7-8H2,1H3,(H,31,39)(H,45,46,47)(H,48,49,50)(H,51,52,53)(H2,32,33,34,35,36).